The second kappa shape index (κ2) is 26.1. The number of amides is 4. The van der Waals surface area contributed by atoms with Crippen molar-refractivity contribution < 1.29 is 71.5 Å². The van der Waals surface area contributed by atoms with Crippen LogP contribution in [0.25, 0.3) is 10.4 Å². The molecule has 368 valence electrons. The zero-order valence-electron chi connectivity index (χ0n) is 39.5. The van der Waals surface area contributed by atoms with Crippen LogP contribution in [0.15, 0.2) is 35.4 Å². The minimum absolute atomic E-state index is 0.00849. The number of azide groups is 1. The van der Waals surface area contributed by atoms with Crippen molar-refractivity contribution in [2.24, 2.45) is 5.11 Å². The van der Waals surface area contributed by atoms with Gasteiger partial charge in [-0.25, -0.2) is 19.2 Å². The molecular formula is C43H67N7O15Si. The molecule has 0 spiro atoms. The Bertz CT molecular complexity index is 1860. The van der Waals surface area contributed by atoms with Gasteiger partial charge in [-0.2, -0.15) is 0 Å². The van der Waals surface area contributed by atoms with E-state index in [9.17, 15) is 39.1 Å². The lowest BCUT2D eigenvalue weighted by molar-refractivity contribution is -0.218. The molecule has 2 fully saturated rings. The number of alkyl carbamates (subject to hydrolysis) is 1. The summed E-state index contributed by atoms with van der Waals surface area (Å²) < 4.78 is 44.4. The van der Waals surface area contributed by atoms with Gasteiger partial charge in [-0.3, -0.25) is 14.4 Å². The van der Waals surface area contributed by atoms with Crippen LogP contribution in [0.1, 0.15) is 72.3 Å². The number of fused-ring (bicyclic) bond motifs is 2. The van der Waals surface area contributed by atoms with E-state index in [1.807, 2.05) is 30.3 Å². The zero-order chi connectivity index (χ0) is 49.2. The molecule has 10 atom stereocenters. The molecule has 0 radical (unpaired) electrons. The van der Waals surface area contributed by atoms with Crippen molar-refractivity contribution in [1.29, 1.82) is 0 Å². The fraction of sp³-hybridized carbons (Fsp3) is 0.698. The van der Waals surface area contributed by atoms with Crippen LogP contribution in [0, 0.1) is 0 Å². The molecular weight excluding hydrogens is 883 g/mol. The summed E-state index contributed by atoms with van der Waals surface area (Å²) in [7, 11) is 0.675. The largest absolute Gasteiger partial charge is 0.467 e. The summed E-state index contributed by atoms with van der Waals surface area (Å²) >= 11 is 0. The predicted octanol–water partition coefficient (Wildman–Crippen LogP) is 3.33. The molecule has 1 aromatic rings. The third kappa shape index (κ3) is 18.5. The molecule has 0 aromatic heterocycles. The highest BCUT2D eigenvalue weighted by Crippen LogP contribution is 2.35. The minimum atomic E-state index is -1.59. The van der Waals surface area contributed by atoms with Crippen molar-refractivity contribution in [2.75, 3.05) is 27.4 Å². The first-order valence-corrected chi connectivity index (χ1v) is 25.6. The number of carbonyl (C=O) groups is 7. The van der Waals surface area contributed by atoms with Crippen LogP contribution in [0.4, 0.5) is 4.79 Å². The van der Waals surface area contributed by atoms with Gasteiger partial charge in [0.15, 0.2) is 6.29 Å². The Balaban J connectivity index is 1.63. The SMILES string of the molecule is COC(=O)[C@H](CCC[C@H](NC(=O)CC[C@@H](NC(=O)[C@H](C)NC(=O)[C@@H](C)O[C@@H]1[C@@H](N=[N+]=[N-])[C@@H]2OC[C@@H](O2)[C@H]1OCc1ccccc1)C(=O)OC)C(=O)OCC[Si](C)(C)C)NC(=O)OC(C)(C)C. The topological polar surface area (TPSA) is 290 Å². The number of rotatable bonds is 25. The van der Waals surface area contributed by atoms with Gasteiger partial charge < -0.3 is 59.2 Å². The van der Waals surface area contributed by atoms with E-state index in [4.69, 9.17) is 37.9 Å². The molecule has 22 nitrogen and oxygen atoms in total. The van der Waals surface area contributed by atoms with Crippen molar-refractivity contribution >= 4 is 49.8 Å². The molecule has 2 aliphatic rings. The predicted molar refractivity (Wildman–Crippen MR) is 238 cm³/mol. The van der Waals surface area contributed by atoms with E-state index in [1.165, 1.54) is 21.0 Å². The summed E-state index contributed by atoms with van der Waals surface area (Å²) in [6.45, 7) is 14.6. The number of hydrogen-bond donors (Lipinski definition) is 4. The number of ether oxygens (including phenoxy) is 8. The van der Waals surface area contributed by atoms with E-state index in [-0.39, 0.29) is 51.9 Å². The molecule has 2 saturated heterocycles. The summed E-state index contributed by atoms with van der Waals surface area (Å²) in [5, 5.41) is 14.0. The van der Waals surface area contributed by atoms with Crippen LogP contribution in [0.5, 0.6) is 0 Å². The Morgan fingerprint density at radius 3 is 2.06 bits per heavy atom. The van der Waals surface area contributed by atoms with E-state index in [2.05, 4.69) is 50.9 Å². The maximum atomic E-state index is 13.4. The molecule has 2 aliphatic heterocycles. The Kier molecular flexibility index (Phi) is 21.8. The summed E-state index contributed by atoms with van der Waals surface area (Å²) in [6, 6.07) is 4.15. The van der Waals surface area contributed by atoms with Crippen LogP contribution < -0.4 is 21.3 Å². The molecule has 23 heteroatoms. The number of benzene rings is 1. The van der Waals surface area contributed by atoms with E-state index < -0.39 is 116 Å². The standard InChI is InChI=1S/C43H67N7O15Si/c1-25(45-37(53)26(2)63-35-33(49-50-44)41-62-24-31(64-41)34(35)61-23-27-15-12-11-13-16-27)36(52)47-30(39(55)59-7)19-20-32(51)46-29(40(56)60-21-22-66(8,9)10)18-14-17-28(38(54)58-6)48-42(57)65-43(3,4)5/h11-13,15-16,25-26,28-31,33-35,41H,14,17-24H2,1-10H3,(H,45,53)(H,46,51)(H,47,52)(H,48,57)/t25-,26+,28-,29-,30+,31+,33+,34+,35+,41+/m0/s1. The van der Waals surface area contributed by atoms with Gasteiger partial charge in [0.25, 0.3) is 0 Å². The summed E-state index contributed by atoms with van der Waals surface area (Å²) in [6.07, 6.45) is -5.74. The normalized spacial score (nSPS) is 21.3. The van der Waals surface area contributed by atoms with Gasteiger partial charge in [0.05, 0.1) is 34.0 Å². The number of methoxy groups -OCH3 is 2. The van der Waals surface area contributed by atoms with Gasteiger partial charge in [-0.05, 0) is 77.4 Å². The lowest BCUT2D eigenvalue weighted by Gasteiger charge is -2.39. The van der Waals surface area contributed by atoms with Crippen molar-refractivity contribution in [3.05, 3.63) is 46.3 Å². The highest BCUT2D eigenvalue weighted by Gasteiger charge is 2.52. The first-order valence-electron chi connectivity index (χ1n) is 21.9. The molecule has 2 heterocycles. The Hall–Kier alpha value is -5.32. The molecule has 66 heavy (non-hydrogen) atoms. The van der Waals surface area contributed by atoms with Crippen LogP contribution in [0.3, 0.4) is 0 Å². The van der Waals surface area contributed by atoms with Crippen molar-refractivity contribution in [3.63, 3.8) is 0 Å². The fourth-order valence-electron chi connectivity index (χ4n) is 6.76. The average Bonchev–Trinajstić information content (AvgIpc) is 3.69. The van der Waals surface area contributed by atoms with Crippen molar-refractivity contribution in [3.8, 4) is 0 Å². The number of esters is 3. The van der Waals surface area contributed by atoms with Crippen LogP contribution in [-0.4, -0.2) is 144 Å². The molecule has 1 aromatic carbocycles. The Morgan fingerprint density at radius 2 is 1.47 bits per heavy atom. The van der Waals surface area contributed by atoms with Crippen LogP contribution in [-0.2, 0) is 73.3 Å². The lowest BCUT2D eigenvalue weighted by Crippen LogP contribution is -2.58. The highest BCUT2D eigenvalue weighted by atomic mass is 28.3. The number of hydrogen-bond acceptors (Lipinski definition) is 16. The van der Waals surface area contributed by atoms with Gasteiger partial charge in [0.1, 0.15) is 60.2 Å². The van der Waals surface area contributed by atoms with E-state index in [0.29, 0.717) is 6.04 Å². The second-order valence-corrected chi connectivity index (χ2v) is 23.8. The summed E-state index contributed by atoms with van der Waals surface area (Å²) in [5.41, 5.74) is 9.37. The Labute approximate surface area is 386 Å². The maximum Gasteiger partial charge on any atom is 0.408 e. The first kappa shape index (κ1) is 55.0. The number of nitrogens with one attached hydrogen (secondary N) is 4. The fourth-order valence-corrected chi connectivity index (χ4v) is 7.47. The van der Waals surface area contributed by atoms with Gasteiger partial charge in [-0.15, -0.1) is 0 Å². The summed E-state index contributed by atoms with van der Waals surface area (Å²) in [5.74, 6) is -4.48. The van der Waals surface area contributed by atoms with Crippen LogP contribution >= 0.6 is 0 Å². The molecule has 0 saturated carbocycles. The van der Waals surface area contributed by atoms with Crippen molar-refractivity contribution in [2.45, 2.75) is 166 Å². The van der Waals surface area contributed by atoms with Gasteiger partial charge in [0, 0.05) is 19.4 Å². The Morgan fingerprint density at radius 1 is 0.848 bits per heavy atom. The summed E-state index contributed by atoms with van der Waals surface area (Å²) in [4.78, 5) is 94.1. The highest BCUT2D eigenvalue weighted by molar-refractivity contribution is 6.76. The van der Waals surface area contributed by atoms with Crippen LogP contribution in [0.2, 0.25) is 25.7 Å². The van der Waals surface area contributed by atoms with E-state index in [1.54, 1.807) is 20.8 Å². The number of carbonyl (C=O) groups excluding carboxylic acids is 7. The molecule has 4 amide bonds. The third-order valence-electron chi connectivity index (χ3n) is 10.3. The zero-order valence-corrected chi connectivity index (χ0v) is 40.5. The average molecular weight is 950 g/mol. The lowest BCUT2D eigenvalue weighted by atomic mass is 9.98. The maximum absolute atomic E-state index is 13.4. The van der Waals surface area contributed by atoms with E-state index >= 15 is 0 Å². The van der Waals surface area contributed by atoms with Gasteiger partial charge in [0.2, 0.25) is 17.7 Å². The second-order valence-electron chi connectivity index (χ2n) is 18.2. The molecule has 0 aliphatic carbocycles. The van der Waals surface area contributed by atoms with E-state index in [0.717, 1.165) is 12.7 Å². The van der Waals surface area contributed by atoms with Gasteiger partial charge in [-0.1, -0.05) is 55.1 Å². The number of nitrogens with zero attached hydrogens (tertiary/aromatic N) is 3. The minimum Gasteiger partial charge on any atom is -0.467 e. The third-order valence-corrected chi connectivity index (χ3v) is 12.0. The first-order chi connectivity index (χ1) is 31.0. The smallest absolute Gasteiger partial charge is 0.408 e. The monoisotopic (exact) mass is 949 g/mol. The molecule has 2 bridgehead atoms. The quantitative estimate of drug-likeness (QED) is 0.0273. The molecule has 3 rings (SSSR count). The molecule has 0 unspecified atom stereocenters. The van der Waals surface area contributed by atoms with Crippen molar-refractivity contribution in [1.82, 2.24) is 21.3 Å². The molecule has 4 N–H and O–H groups in total. The van der Waals surface area contributed by atoms with Gasteiger partial charge >= 0.3 is 24.0 Å².